The minimum atomic E-state index is -0.138. The SMILES string of the molecule is C#CCC(NN)c1ccoc1Cl. The van der Waals surface area contributed by atoms with Crippen molar-refractivity contribution in [2.75, 3.05) is 0 Å². The lowest BCUT2D eigenvalue weighted by Gasteiger charge is -2.10. The van der Waals surface area contributed by atoms with Crippen LogP contribution in [0.15, 0.2) is 16.7 Å². The number of furan rings is 1. The number of nitrogens with one attached hydrogen (secondary N) is 1. The Bertz CT molecular complexity index is 289. The predicted molar refractivity (Wildman–Crippen MR) is 47.2 cm³/mol. The van der Waals surface area contributed by atoms with Gasteiger partial charge in [-0.25, -0.2) is 0 Å². The first-order valence-corrected chi connectivity index (χ1v) is 3.80. The Hall–Kier alpha value is -0.950. The number of hydrogen-bond donors (Lipinski definition) is 2. The standard InChI is InChI=1S/C8H9ClN2O/c1-2-3-7(11-10)6-4-5-12-8(6)9/h1,4-5,7,11H,3,10H2. The quantitative estimate of drug-likeness (QED) is 0.425. The largest absolute Gasteiger partial charge is 0.453 e. The Morgan fingerprint density at radius 3 is 3.00 bits per heavy atom. The van der Waals surface area contributed by atoms with Crippen LogP contribution in [0.4, 0.5) is 0 Å². The fraction of sp³-hybridized carbons (Fsp3) is 0.250. The Morgan fingerprint density at radius 1 is 1.83 bits per heavy atom. The lowest BCUT2D eigenvalue weighted by molar-refractivity contribution is 0.535. The van der Waals surface area contributed by atoms with Crippen LogP contribution < -0.4 is 11.3 Å². The third-order valence-electron chi connectivity index (χ3n) is 1.54. The maximum absolute atomic E-state index is 5.72. The molecule has 1 rings (SSSR count). The highest BCUT2D eigenvalue weighted by atomic mass is 35.5. The van der Waals surface area contributed by atoms with E-state index in [1.54, 1.807) is 6.07 Å². The van der Waals surface area contributed by atoms with Crippen molar-refractivity contribution in [2.24, 2.45) is 5.84 Å². The van der Waals surface area contributed by atoms with Crippen LogP contribution in [-0.2, 0) is 0 Å². The van der Waals surface area contributed by atoms with E-state index in [2.05, 4.69) is 11.3 Å². The molecule has 0 amide bonds. The van der Waals surface area contributed by atoms with E-state index >= 15 is 0 Å². The zero-order valence-electron chi connectivity index (χ0n) is 6.38. The average Bonchev–Trinajstić information content (AvgIpc) is 2.47. The van der Waals surface area contributed by atoms with Gasteiger partial charge in [0.25, 0.3) is 0 Å². The molecule has 64 valence electrons. The van der Waals surface area contributed by atoms with Crippen LogP contribution in [-0.4, -0.2) is 0 Å². The third kappa shape index (κ3) is 1.80. The zero-order valence-corrected chi connectivity index (χ0v) is 7.14. The van der Waals surface area contributed by atoms with Gasteiger partial charge in [-0.1, -0.05) is 0 Å². The second-order valence-electron chi connectivity index (χ2n) is 2.28. The molecule has 0 radical (unpaired) electrons. The number of terminal acetylenes is 1. The molecule has 0 spiro atoms. The number of hydrazine groups is 1. The summed E-state index contributed by atoms with van der Waals surface area (Å²) in [6.45, 7) is 0. The van der Waals surface area contributed by atoms with E-state index in [9.17, 15) is 0 Å². The molecule has 0 aromatic carbocycles. The molecular formula is C8H9ClN2O. The van der Waals surface area contributed by atoms with E-state index in [4.69, 9.17) is 28.3 Å². The summed E-state index contributed by atoms with van der Waals surface area (Å²) in [7, 11) is 0. The van der Waals surface area contributed by atoms with Crippen molar-refractivity contribution in [3.05, 3.63) is 23.1 Å². The van der Waals surface area contributed by atoms with Crippen LogP contribution in [0.1, 0.15) is 18.0 Å². The molecule has 1 heterocycles. The van der Waals surface area contributed by atoms with Gasteiger partial charge in [-0.15, -0.1) is 12.3 Å². The molecule has 4 heteroatoms. The summed E-state index contributed by atoms with van der Waals surface area (Å²) in [4.78, 5) is 0. The van der Waals surface area contributed by atoms with Gasteiger partial charge in [0.2, 0.25) is 0 Å². The summed E-state index contributed by atoms with van der Waals surface area (Å²) in [6.07, 6.45) is 7.12. The fourth-order valence-corrected chi connectivity index (χ4v) is 1.18. The fourth-order valence-electron chi connectivity index (χ4n) is 0.930. The molecule has 1 atom stereocenters. The second kappa shape index (κ2) is 4.17. The molecule has 12 heavy (non-hydrogen) atoms. The van der Waals surface area contributed by atoms with Gasteiger partial charge in [0.1, 0.15) is 0 Å². The average molecular weight is 185 g/mol. The van der Waals surface area contributed by atoms with Crippen LogP contribution in [0.2, 0.25) is 5.22 Å². The maximum atomic E-state index is 5.72. The van der Waals surface area contributed by atoms with Crippen LogP contribution >= 0.6 is 11.6 Å². The predicted octanol–water partition coefficient (Wildman–Crippen LogP) is 1.46. The smallest absolute Gasteiger partial charge is 0.197 e. The normalized spacial score (nSPS) is 12.4. The van der Waals surface area contributed by atoms with Gasteiger partial charge in [0.05, 0.1) is 12.3 Å². The van der Waals surface area contributed by atoms with Crippen LogP contribution in [0, 0.1) is 12.3 Å². The summed E-state index contributed by atoms with van der Waals surface area (Å²) in [6, 6.07) is 1.60. The minimum Gasteiger partial charge on any atom is -0.453 e. The summed E-state index contributed by atoms with van der Waals surface area (Å²) >= 11 is 5.72. The van der Waals surface area contributed by atoms with Gasteiger partial charge in [-0.05, 0) is 17.7 Å². The molecule has 0 saturated carbocycles. The van der Waals surface area contributed by atoms with Gasteiger partial charge in [0, 0.05) is 12.0 Å². The molecule has 0 fully saturated rings. The van der Waals surface area contributed by atoms with Crippen molar-refractivity contribution in [1.82, 2.24) is 5.43 Å². The molecular weight excluding hydrogens is 176 g/mol. The first kappa shape index (κ1) is 9.14. The Balaban J connectivity index is 2.81. The highest BCUT2D eigenvalue weighted by Gasteiger charge is 2.13. The lowest BCUT2D eigenvalue weighted by atomic mass is 10.1. The van der Waals surface area contributed by atoms with Gasteiger partial charge in [-0.3, -0.25) is 11.3 Å². The van der Waals surface area contributed by atoms with Crippen LogP contribution in [0.25, 0.3) is 0 Å². The van der Waals surface area contributed by atoms with Gasteiger partial charge < -0.3 is 4.42 Å². The zero-order chi connectivity index (χ0) is 8.97. The van der Waals surface area contributed by atoms with E-state index in [1.165, 1.54) is 6.26 Å². The number of halogens is 1. The Morgan fingerprint density at radius 2 is 2.58 bits per heavy atom. The number of nitrogens with two attached hydrogens (primary N) is 1. The van der Waals surface area contributed by atoms with Gasteiger partial charge in [-0.2, -0.15) is 0 Å². The monoisotopic (exact) mass is 184 g/mol. The number of rotatable bonds is 3. The molecule has 0 aliphatic carbocycles. The topological polar surface area (TPSA) is 51.2 Å². The molecule has 1 aromatic heterocycles. The van der Waals surface area contributed by atoms with E-state index in [-0.39, 0.29) is 6.04 Å². The summed E-state index contributed by atoms with van der Waals surface area (Å²) in [5.74, 6) is 7.76. The maximum Gasteiger partial charge on any atom is 0.197 e. The van der Waals surface area contributed by atoms with Crippen LogP contribution in [0.5, 0.6) is 0 Å². The van der Waals surface area contributed by atoms with Crippen molar-refractivity contribution in [1.29, 1.82) is 0 Å². The van der Waals surface area contributed by atoms with E-state index in [1.807, 2.05) is 0 Å². The molecule has 3 N–H and O–H groups in total. The summed E-state index contributed by atoms with van der Waals surface area (Å²) in [5, 5.41) is 0.327. The summed E-state index contributed by atoms with van der Waals surface area (Å²) < 4.78 is 4.89. The molecule has 1 aromatic rings. The van der Waals surface area contributed by atoms with E-state index < -0.39 is 0 Å². The highest BCUT2D eigenvalue weighted by Crippen LogP contribution is 2.25. The van der Waals surface area contributed by atoms with E-state index in [0.29, 0.717) is 11.6 Å². The minimum absolute atomic E-state index is 0.138. The Labute approximate surface area is 75.8 Å². The Kier molecular flexibility index (Phi) is 3.18. The molecule has 0 saturated heterocycles. The van der Waals surface area contributed by atoms with Gasteiger partial charge >= 0.3 is 0 Å². The van der Waals surface area contributed by atoms with Crippen molar-refractivity contribution in [2.45, 2.75) is 12.5 Å². The van der Waals surface area contributed by atoms with Crippen molar-refractivity contribution < 1.29 is 4.42 Å². The van der Waals surface area contributed by atoms with Crippen LogP contribution in [0.3, 0.4) is 0 Å². The van der Waals surface area contributed by atoms with Crippen molar-refractivity contribution in [3.63, 3.8) is 0 Å². The van der Waals surface area contributed by atoms with Gasteiger partial charge in [0.15, 0.2) is 5.22 Å². The molecule has 0 aliphatic rings. The summed E-state index contributed by atoms with van der Waals surface area (Å²) in [5.41, 5.74) is 3.35. The molecule has 3 nitrogen and oxygen atoms in total. The van der Waals surface area contributed by atoms with E-state index in [0.717, 1.165) is 5.56 Å². The highest BCUT2D eigenvalue weighted by molar-refractivity contribution is 6.29. The third-order valence-corrected chi connectivity index (χ3v) is 1.85. The second-order valence-corrected chi connectivity index (χ2v) is 2.62. The van der Waals surface area contributed by atoms with Crippen molar-refractivity contribution in [3.8, 4) is 12.3 Å². The molecule has 0 aliphatic heterocycles. The molecule has 0 bridgehead atoms. The first-order chi connectivity index (χ1) is 5.79. The lowest BCUT2D eigenvalue weighted by Crippen LogP contribution is -2.27. The van der Waals surface area contributed by atoms with Crippen molar-refractivity contribution >= 4 is 11.6 Å². The first-order valence-electron chi connectivity index (χ1n) is 3.42. The number of hydrogen-bond acceptors (Lipinski definition) is 3. The molecule has 1 unspecified atom stereocenters.